The van der Waals surface area contributed by atoms with Crippen LogP contribution in [0.2, 0.25) is 0 Å². The summed E-state index contributed by atoms with van der Waals surface area (Å²) in [5.41, 5.74) is 1.90. The Hall–Kier alpha value is -1.65. The van der Waals surface area contributed by atoms with Crippen molar-refractivity contribution < 1.29 is 9.59 Å². The van der Waals surface area contributed by atoms with E-state index in [0.29, 0.717) is 12.8 Å². The molecule has 0 radical (unpaired) electrons. The zero-order valence-corrected chi connectivity index (χ0v) is 10.3. The zero-order valence-electron chi connectivity index (χ0n) is 10.3. The van der Waals surface area contributed by atoms with Gasteiger partial charge in [0.2, 0.25) is 5.91 Å². The molecule has 0 bridgehead atoms. The number of hydrogen-bond donors (Lipinski definition) is 0. The highest BCUT2D eigenvalue weighted by atomic mass is 16.2. The van der Waals surface area contributed by atoms with Crippen LogP contribution in [0.4, 0.5) is 5.82 Å². The van der Waals surface area contributed by atoms with Crippen molar-refractivity contribution in [2.75, 3.05) is 4.90 Å². The second kappa shape index (κ2) is 3.02. The van der Waals surface area contributed by atoms with Gasteiger partial charge in [0, 0.05) is 24.6 Å². The Labute approximate surface area is 106 Å². The number of Topliss-reactive ketones (excluding diaryl/α,β-unsaturated/α-hetero) is 1. The van der Waals surface area contributed by atoms with E-state index in [1.807, 2.05) is 7.85 Å². The number of ketones is 1. The number of nitrogens with zero attached hydrogens (tertiary/aromatic N) is 2. The number of pyridine rings is 1. The molecule has 3 aliphatic rings. The summed E-state index contributed by atoms with van der Waals surface area (Å²) in [6.07, 6.45) is 4.66. The monoisotopic (exact) mass is 240 g/mol. The molecule has 2 fully saturated rings. The maximum Gasteiger partial charge on any atom is 0.239 e. The molecule has 5 heteroatoms. The third kappa shape index (κ3) is 1.09. The lowest BCUT2D eigenvalue weighted by Crippen LogP contribution is -2.48. The first-order valence-corrected chi connectivity index (χ1v) is 6.44. The largest absolute Gasteiger partial charge is 0.300 e. The quantitative estimate of drug-likeness (QED) is 0.619. The molecule has 18 heavy (non-hydrogen) atoms. The summed E-state index contributed by atoms with van der Waals surface area (Å²) in [7, 11) is 2.00. The number of rotatable bonds is 1. The molecule has 1 aromatic rings. The van der Waals surface area contributed by atoms with Crippen molar-refractivity contribution in [3.05, 3.63) is 17.8 Å². The van der Waals surface area contributed by atoms with Crippen molar-refractivity contribution in [3.63, 3.8) is 0 Å². The van der Waals surface area contributed by atoms with Gasteiger partial charge in [-0.05, 0) is 12.8 Å². The van der Waals surface area contributed by atoms with Crippen molar-refractivity contribution in [2.45, 2.75) is 37.1 Å². The molecule has 2 aliphatic carbocycles. The lowest BCUT2D eigenvalue weighted by molar-refractivity contribution is -0.126. The highest BCUT2D eigenvalue weighted by Crippen LogP contribution is 2.57. The second-order valence-corrected chi connectivity index (χ2v) is 5.74. The first kappa shape index (κ1) is 10.3. The number of carbonyl (C=O) groups excluding carboxylic acids is 2. The van der Waals surface area contributed by atoms with Crippen LogP contribution in [-0.2, 0) is 15.0 Å². The van der Waals surface area contributed by atoms with Crippen molar-refractivity contribution in [1.29, 1.82) is 0 Å². The van der Waals surface area contributed by atoms with Crippen LogP contribution in [0.3, 0.4) is 0 Å². The lowest BCUT2D eigenvalue weighted by Gasteiger charge is -2.33. The molecule has 0 N–H and O–H groups in total. The van der Waals surface area contributed by atoms with Crippen LogP contribution in [0.15, 0.2) is 12.3 Å². The Balaban J connectivity index is 1.83. The predicted molar refractivity (Wildman–Crippen MR) is 68.8 cm³/mol. The van der Waals surface area contributed by atoms with Gasteiger partial charge in [-0.3, -0.25) is 14.5 Å². The van der Waals surface area contributed by atoms with Crippen molar-refractivity contribution in [3.8, 4) is 0 Å². The molecule has 2 saturated carbocycles. The Morgan fingerprint density at radius 2 is 2.06 bits per heavy atom. The third-order valence-electron chi connectivity index (χ3n) is 4.42. The topological polar surface area (TPSA) is 50.3 Å². The van der Waals surface area contributed by atoms with E-state index in [4.69, 9.17) is 0 Å². The standard InChI is InChI=1S/C13H13BN2O2/c14-7-3-10-11(15-6-7)16(8-4-9(17)5-8)12(18)13(10)1-2-13/h3,6,8H,1-2,4-5,14H2. The van der Waals surface area contributed by atoms with E-state index in [1.165, 1.54) is 0 Å². The van der Waals surface area contributed by atoms with E-state index in [1.54, 1.807) is 11.1 Å². The summed E-state index contributed by atoms with van der Waals surface area (Å²) in [5, 5.41) is 0. The summed E-state index contributed by atoms with van der Waals surface area (Å²) in [6, 6.07) is 2.15. The van der Waals surface area contributed by atoms with Gasteiger partial charge in [0.05, 0.1) is 11.5 Å². The fourth-order valence-electron chi connectivity index (χ4n) is 3.14. The minimum atomic E-state index is -0.285. The first-order chi connectivity index (χ1) is 8.62. The average Bonchev–Trinajstić information content (AvgIpc) is 3.05. The van der Waals surface area contributed by atoms with Gasteiger partial charge < -0.3 is 0 Å². The molecule has 4 nitrogen and oxygen atoms in total. The number of hydrogen-bond acceptors (Lipinski definition) is 3. The molecule has 2 heterocycles. The Bertz CT molecular complexity index is 587. The third-order valence-corrected chi connectivity index (χ3v) is 4.42. The fourth-order valence-corrected chi connectivity index (χ4v) is 3.14. The SMILES string of the molecule is Bc1cnc2c(c1)C1(CC1)C(=O)N2C1CC(=O)C1. The number of carbonyl (C=O) groups is 2. The molecule has 0 unspecified atom stereocenters. The molecule has 1 amide bonds. The average molecular weight is 240 g/mol. The molecule has 0 saturated heterocycles. The van der Waals surface area contributed by atoms with Crippen molar-refractivity contribution >= 4 is 30.8 Å². The van der Waals surface area contributed by atoms with Gasteiger partial charge in [-0.25, -0.2) is 4.98 Å². The predicted octanol–water partition coefficient (Wildman–Crippen LogP) is -0.550. The molecule has 1 spiro atoms. The van der Waals surface area contributed by atoms with E-state index in [0.717, 1.165) is 29.7 Å². The summed E-state index contributed by atoms with van der Waals surface area (Å²) in [5.74, 6) is 1.23. The molecular weight excluding hydrogens is 227 g/mol. The normalized spacial score (nSPS) is 24.3. The van der Waals surface area contributed by atoms with Gasteiger partial charge in [0.15, 0.2) is 0 Å². The van der Waals surface area contributed by atoms with Crippen LogP contribution in [-0.4, -0.2) is 30.6 Å². The van der Waals surface area contributed by atoms with E-state index < -0.39 is 0 Å². The Morgan fingerprint density at radius 1 is 1.33 bits per heavy atom. The van der Waals surface area contributed by atoms with E-state index in [2.05, 4.69) is 11.1 Å². The van der Waals surface area contributed by atoms with E-state index >= 15 is 0 Å². The Morgan fingerprint density at radius 3 is 2.67 bits per heavy atom. The highest BCUT2D eigenvalue weighted by molar-refractivity contribution is 6.32. The van der Waals surface area contributed by atoms with Crippen LogP contribution >= 0.6 is 0 Å². The fraction of sp³-hybridized carbons (Fsp3) is 0.462. The Kier molecular flexibility index (Phi) is 1.73. The minimum absolute atomic E-state index is 0.0546. The van der Waals surface area contributed by atoms with Crippen LogP contribution in [0.5, 0.6) is 0 Å². The molecule has 0 atom stereocenters. The van der Waals surface area contributed by atoms with Crippen LogP contribution in [0.1, 0.15) is 31.2 Å². The van der Waals surface area contributed by atoms with Gasteiger partial charge in [0.25, 0.3) is 0 Å². The van der Waals surface area contributed by atoms with Crippen molar-refractivity contribution in [1.82, 2.24) is 4.98 Å². The zero-order chi connectivity index (χ0) is 12.5. The van der Waals surface area contributed by atoms with Crippen LogP contribution in [0, 0.1) is 0 Å². The smallest absolute Gasteiger partial charge is 0.239 e. The van der Waals surface area contributed by atoms with Crippen molar-refractivity contribution in [2.24, 2.45) is 0 Å². The number of aromatic nitrogens is 1. The van der Waals surface area contributed by atoms with Gasteiger partial charge in [-0.1, -0.05) is 11.5 Å². The maximum absolute atomic E-state index is 12.6. The molecule has 90 valence electrons. The van der Waals surface area contributed by atoms with E-state index in [9.17, 15) is 9.59 Å². The molecular formula is C13H13BN2O2. The number of fused-ring (bicyclic) bond motifs is 2. The number of amides is 1. The van der Waals surface area contributed by atoms with Crippen LogP contribution in [0.25, 0.3) is 0 Å². The summed E-state index contributed by atoms with van der Waals surface area (Å²) >= 11 is 0. The van der Waals surface area contributed by atoms with Gasteiger partial charge in [0.1, 0.15) is 19.4 Å². The molecule has 4 rings (SSSR count). The molecule has 1 aromatic heterocycles. The van der Waals surface area contributed by atoms with Gasteiger partial charge in [-0.2, -0.15) is 0 Å². The van der Waals surface area contributed by atoms with Crippen LogP contribution < -0.4 is 10.4 Å². The second-order valence-electron chi connectivity index (χ2n) is 5.74. The maximum atomic E-state index is 12.6. The summed E-state index contributed by atoms with van der Waals surface area (Å²) in [6.45, 7) is 0. The highest BCUT2D eigenvalue weighted by Gasteiger charge is 2.61. The van der Waals surface area contributed by atoms with Gasteiger partial charge >= 0.3 is 0 Å². The summed E-state index contributed by atoms with van der Waals surface area (Å²) < 4.78 is 0. The van der Waals surface area contributed by atoms with E-state index in [-0.39, 0.29) is 23.1 Å². The minimum Gasteiger partial charge on any atom is -0.300 e. The summed E-state index contributed by atoms with van der Waals surface area (Å²) in [4.78, 5) is 30.0. The first-order valence-electron chi connectivity index (χ1n) is 6.44. The number of anilines is 1. The molecule has 0 aromatic carbocycles. The van der Waals surface area contributed by atoms with Gasteiger partial charge in [-0.15, -0.1) is 0 Å². The lowest BCUT2D eigenvalue weighted by atomic mass is 9.90. The molecule has 1 aliphatic heterocycles.